The predicted octanol–water partition coefficient (Wildman–Crippen LogP) is 4.06. The number of hydrogen-bond acceptors (Lipinski definition) is 2. The molecule has 1 aliphatic heterocycles. The summed E-state index contributed by atoms with van der Waals surface area (Å²) in [5.41, 5.74) is 0. The van der Waals surface area contributed by atoms with Crippen molar-refractivity contribution in [3.8, 4) is 0 Å². The van der Waals surface area contributed by atoms with Crippen LogP contribution in [0.15, 0.2) is 0 Å². The van der Waals surface area contributed by atoms with Crippen LogP contribution in [0.25, 0.3) is 0 Å². The molecule has 1 rings (SSSR count). The second-order valence-electron chi connectivity index (χ2n) is 5.22. The van der Waals surface area contributed by atoms with E-state index in [1.165, 1.54) is 12.8 Å². The maximum absolute atomic E-state index is 12.0. The molecule has 1 atom stereocenters. The van der Waals surface area contributed by atoms with Gasteiger partial charge in [-0.1, -0.05) is 33.6 Å². The smallest absolute Gasteiger partial charge is 0.136 e. The van der Waals surface area contributed by atoms with Gasteiger partial charge >= 0.3 is 0 Å². The number of ketones is 1. The fraction of sp³-hybridized carbons (Fsp3) is 0.923. The van der Waals surface area contributed by atoms with E-state index in [9.17, 15) is 4.79 Å². The first-order chi connectivity index (χ1) is 7.05. The van der Waals surface area contributed by atoms with Gasteiger partial charge in [0.2, 0.25) is 0 Å². The van der Waals surface area contributed by atoms with Crippen molar-refractivity contribution in [2.75, 3.05) is 5.75 Å². The molecule has 1 aliphatic rings. The van der Waals surface area contributed by atoms with Gasteiger partial charge in [0.15, 0.2) is 0 Å². The van der Waals surface area contributed by atoms with Crippen LogP contribution in [0.2, 0.25) is 0 Å². The van der Waals surface area contributed by atoms with Gasteiger partial charge in [-0.25, -0.2) is 0 Å². The maximum Gasteiger partial charge on any atom is 0.136 e. The molecule has 0 bridgehead atoms. The van der Waals surface area contributed by atoms with Crippen LogP contribution in [0, 0.1) is 5.92 Å². The highest BCUT2D eigenvalue weighted by atomic mass is 32.2. The molecule has 2 heteroatoms. The van der Waals surface area contributed by atoms with Crippen LogP contribution in [0.1, 0.15) is 59.3 Å². The zero-order valence-corrected chi connectivity index (χ0v) is 11.2. The van der Waals surface area contributed by atoms with Gasteiger partial charge in [-0.05, 0) is 25.0 Å². The standard InChI is InChI=1S/C13H24OS/c1-4-5-6-7-12(14)11-8-9-15-13(2,3)10-11/h11H,4-10H2,1-3H3. The van der Waals surface area contributed by atoms with Crippen molar-refractivity contribution < 1.29 is 4.79 Å². The molecule has 0 spiro atoms. The van der Waals surface area contributed by atoms with Crippen molar-refractivity contribution in [3.05, 3.63) is 0 Å². The van der Waals surface area contributed by atoms with E-state index in [1.54, 1.807) is 0 Å². The predicted molar refractivity (Wildman–Crippen MR) is 68.4 cm³/mol. The van der Waals surface area contributed by atoms with E-state index in [0.29, 0.717) is 16.4 Å². The first kappa shape index (κ1) is 13.1. The van der Waals surface area contributed by atoms with Gasteiger partial charge in [-0.3, -0.25) is 4.79 Å². The summed E-state index contributed by atoms with van der Waals surface area (Å²) in [5, 5.41) is 0. The fourth-order valence-corrected chi connectivity index (χ4v) is 3.53. The van der Waals surface area contributed by atoms with Crippen molar-refractivity contribution in [2.24, 2.45) is 5.92 Å². The van der Waals surface area contributed by atoms with Crippen molar-refractivity contribution in [1.82, 2.24) is 0 Å². The molecule has 0 saturated carbocycles. The molecular weight excluding hydrogens is 204 g/mol. The van der Waals surface area contributed by atoms with Crippen molar-refractivity contribution in [2.45, 2.75) is 64.0 Å². The average Bonchev–Trinajstić information content (AvgIpc) is 2.16. The van der Waals surface area contributed by atoms with Gasteiger partial charge < -0.3 is 0 Å². The van der Waals surface area contributed by atoms with E-state index < -0.39 is 0 Å². The minimum atomic E-state index is 0.323. The highest BCUT2D eigenvalue weighted by molar-refractivity contribution is 8.00. The van der Waals surface area contributed by atoms with Crippen molar-refractivity contribution in [1.29, 1.82) is 0 Å². The Morgan fingerprint density at radius 3 is 2.73 bits per heavy atom. The number of rotatable bonds is 5. The zero-order valence-electron chi connectivity index (χ0n) is 10.3. The molecule has 1 saturated heterocycles. The van der Waals surface area contributed by atoms with Crippen LogP contribution in [0.4, 0.5) is 0 Å². The molecule has 1 unspecified atom stereocenters. The number of thioether (sulfide) groups is 1. The summed E-state index contributed by atoms with van der Waals surface area (Å²) in [6.45, 7) is 6.72. The maximum atomic E-state index is 12.0. The molecule has 0 aliphatic carbocycles. The van der Waals surface area contributed by atoms with Crippen LogP contribution < -0.4 is 0 Å². The molecule has 0 N–H and O–H groups in total. The zero-order chi connectivity index (χ0) is 11.3. The summed E-state index contributed by atoms with van der Waals surface area (Å²) in [6, 6.07) is 0. The molecule has 15 heavy (non-hydrogen) atoms. The Balaban J connectivity index is 2.32. The first-order valence-corrected chi connectivity index (χ1v) is 7.20. The summed E-state index contributed by atoms with van der Waals surface area (Å²) in [4.78, 5) is 12.0. The molecule has 1 heterocycles. The molecule has 0 radical (unpaired) electrons. The van der Waals surface area contributed by atoms with Crippen LogP contribution in [-0.2, 0) is 4.79 Å². The Hall–Kier alpha value is 0.0200. The average molecular weight is 228 g/mol. The van der Waals surface area contributed by atoms with E-state index in [2.05, 4.69) is 20.8 Å². The first-order valence-electron chi connectivity index (χ1n) is 6.22. The van der Waals surface area contributed by atoms with Gasteiger partial charge in [0.05, 0.1) is 0 Å². The molecule has 0 aromatic heterocycles. The third kappa shape index (κ3) is 4.58. The molecular formula is C13H24OS. The lowest BCUT2D eigenvalue weighted by molar-refractivity contribution is -0.123. The quantitative estimate of drug-likeness (QED) is 0.660. The number of Topliss-reactive ketones (excluding diaryl/α,β-unsaturated/α-hetero) is 1. The highest BCUT2D eigenvalue weighted by Gasteiger charge is 2.31. The second-order valence-corrected chi connectivity index (χ2v) is 7.02. The Bertz CT molecular complexity index is 211. The summed E-state index contributed by atoms with van der Waals surface area (Å²) in [5.74, 6) is 2.05. The van der Waals surface area contributed by atoms with E-state index in [4.69, 9.17) is 0 Å². The minimum absolute atomic E-state index is 0.323. The lowest BCUT2D eigenvalue weighted by atomic mass is 9.88. The van der Waals surface area contributed by atoms with Crippen molar-refractivity contribution >= 4 is 17.5 Å². The van der Waals surface area contributed by atoms with E-state index in [1.807, 2.05) is 11.8 Å². The van der Waals surface area contributed by atoms with E-state index in [-0.39, 0.29) is 0 Å². The molecule has 1 nitrogen and oxygen atoms in total. The van der Waals surface area contributed by atoms with E-state index >= 15 is 0 Å². The van der Waals surface area contributed by atoms with Gasteiger partial charge in [-0.15, -0.1) is 0 Å². The minimum Gasteiger partial charge on any atom is -0.299 e. The number of unbranched alkanes of at least 4 members (excludes halogenated alkanes) is 2. The largest absolute Gasteiger partial charge is 0.299 e. The molecule has 0 amide bonds. The van der Waals surface area contributed by atoms with Gasteiger partial charge in [0, 0.05) is 17.1 Å². The Labute approximate surface area is 98.4 Å². The van der Waals surface area contributed by atoms with Crippen LogP contribution in [-0.4, -0.2) is 16.3 Å². The Kier molecular flexibility index (Phi) is 5.17. The summed E-state index contributed by atoms with van der Waals surface area (Å²) in [7, 11) is 0. The fourth-order valence-electron chi connectivity index (χ4n) is 2.26. The summed E-state index contributed by atoms with van der Waals surface area (Å²) >= 11 is 2.02. The molecule has 0 aromatic carbocycles. The van der Waals surface area contributed by atoms with Crippen LogP contribution in [0.3, 0.4) is 0 Å². The second kappa shape index (κ2) is 5.93. The van der Waals surface area contributed by atoms with E-state index in [0.717, 1.165) is 31.4 Å². The third-order valence-corrected chi connectivity index (χ3v) is 4.57. The SMILES string of the molecule is CCCCCC(=O)C1CCSC(C)(C)C1. The molecule has 1 fully saturated rings. The molecule has 0 aromatic rings. The highest BCUT2D eigenvalue weighted by Crippen LogP contribution is 2.39. The summed E-state index contributed by atoms with van der Waals surface area (Å²) in [6.07, 6.45) is 6.52. The summed E-state index contributed by atoms with van der Waals surface area (Å²) < 4.78 is 0.323. The van der Waals surface area contributed by atoms with Crippen LogP contribution in [0.5, 0.6) is 0 Å². The lowest BCUT2D eigenvalue weighted by Crippen LogP contribution is -2.30. The normalized spacial score (nSPS) is 25.1. The third-order valence-electron chi connectivity index (χ3n) is 3.18. The van der Waals surface area contributed by atoms with Crippen molar-refractivity contribution in [3.63, 3.8) is 0 Å². The number of carbonyl (C=O) groups excluding carboxylic acids is 1. The van der Waals surface area contributed by atoms with Crippen LogP contribution >= 0.6 is 11.8 Å². The van der Waals surface area contributed by atoms with Gasteiger partial charge in [0.25, 0.3) is 0 Å². The van der Waals surface area contributed by atoms with Gasteiger partial charge in [-0.2, -0.15) is 11.8 Å². The van der Waals surface area contributed by atoms with Gasteiger partial charge in [0.1, 0.15) is 5.78 Å². The number of hydrogen-bond donors (Lipinski definition) is 0. The monoisotopic (exact) mass is 228 g/mol. The number of carbonyl (C=O) groups is 1. The lowest BCUT2D eigenvalue weighted by Gasteiger charge is -2.33. The topological polar surface area (TPSA) is 17.1 Å². The Morgan fingerprint density at radius 2 is 2.13 bits per heavy atom. The Morgan fingerprint density at radius 1 is 1.40 bits per heavy atom. The molecule has 88 valence electrons.